The van der Waals surface area contributed by atoms with Crippen LogP contribution in [-0.4, -0.2) is 72.8 Å². The summed E-state index contributed by atoms with van der Waals surface area (Å²) >= 11 is 0. The lowest BCUT2D eigenvalue weighted by atomic mass is 9.87. The van der Waals surface area contributed by atoms with Crippen LogP contribution in [0.1, 0.15) is 27.4 Å². The zero-order chi connectivity index (χ0) is 22.9. The molecule has 4 rings (SSSR count). The summed E-state index contributed by atoms with van der Waals surface area (Å²) in [6.45, 7) is 3.05. The predicted molar refractivity (Wildman–Crippen MR) is 114 cm³/mol. The molecule has 2 aliphatic rings. The number of likely N-dealkylation sites (N-methyl/N-ethyl adjacent to an activating group) is 1. The average Bonchev–Trinajstić information content (AvgIpc) is 3.24. The predicted octanol–water partition coefficient (Wildman–Crippen LogP) is 3.34. The van der Waals surface area contributed by atoms with E-state index in [1.807, 2.05) is 13.1 Å². The molecule has 0 aromatic heterocycles. The van der Waals surface area contributed by atoms with Gasteiger partial charge in [-0.2, -0.15) is 13.2 Å². The minimum Gasteiger partial charge on any atom is -0.340 e. The van der Waals surface area contributed by atoms with Gasteiger partial charge in [-0.25, -0.2) is 0 Å². The Hall–Kier alpha value is -2.87. The molecule has 2 unspecified atom stereocenters. The molecule has 0 N–H and O–H groups in total. The Morgan fingerprint density at radius 3 is 2.22 bits per heavy atom. The highest BCUT2D eigenvalue weighted by Gasteiger charge is 2.43. The molecule has 5 nitrogen and oxygen atoms in total. The number of amides is 2. The average molecular weight is 445 g/mol. The molecule has 2 atom stereocenters. The summed E-state index contributed by atoms with van der Waals surface area (Å²) in [4.78, 5) is 32.0. The highest BCUT2D eigenvalue weighted by molar-refractivity contribution is 5.95. The Morgan fingerprint density at radius 2 is 1.56 bits per heavy atom. The number of hydrogen-bond donors (Lipinski definition) is 0. The molecule has 2 heterocycles. The first-order valence-electron chi connectivity index (χ1n) is 10.7. The van der Waals surface area contributed by atoms with Crippen LogP contribution in [0.4, 0.5) is 13.2 Å². The molecule has 0 bridgehead atoms. The van der Waals surface area contributed by atoms with Gasteiger partial charge in [0.1, 0.15) is 0 Å². The molecule has 170 valence electrons. The monoisotopic (exact) mass is 445 g/mol. The zero-order valence-electron chi connectivity index (χ0n) is 17.9. The van der Waals surface area contributed by atoms with Gasteiger partial charge in [0.2, 0.25) is 5.91 Å². The molecule has 0 aliphatic carbocycles. The van der Waals surface area contributed by atoms with Crippen molar-refractivity contribution in [1.29, 1.82) is 0 Å². The molecule has 0 saturated carbocycles. The summed E-state index contributed by atoms with van der Waals surface area (Å²) in [5.41, 5.74) is 0.201. The second-order valence-corrected chi connectivity index (χ2v) is 8.54. The van der Waals surface area contributed by atoms with Gasteiger partial charge >= 0.3 is 6.18 Å². The minimum absolute atomic E-state index is 0.0936. The van der Waals surface area contributed by atoms with Gasteiger partial charge in [0.15, 0.2) is 0 Å². The lowest BCUT2D eigenvalue weighted by Crippen LogP contribution is -2.50. The van der Waals surface area contributed by atoms with E-state index in [0.29, 0.717) is 24.2 Å². The van der Waals surface area contributed by atoms with E-state index < -0.39 is 23.6 Å². The van der Waals surface area contributed by atoms with Crippen LogP contribution in [-0.2, 0) is 11.0 Å². The number of rotatable bonds is 3. The van der Waals surface area contributed by atoms with Gasteiger partial charge in [-0.1, -0.05) is 36.4 Å². The first-order valence-corrected chi connectivity index (χ1v) is 10.7. The molecule has 2 aliphatic heterocycles. The maximum absolute atomic E-state index is 13.4. The van der Waals surface area contributed by atoms with Crippen molar-refractivity contribution in [3.8, 4) is 0 Å². The number of carbonyl (C=O) groups is 2. The summed E-state index contributed by atoms with van der Waals surface area (Å²) in [7, 11) is 1.99. The zero-order valence-corrected chi connectivity index (χ0v) is 17.9. The fraction of sp³-hybridized carbons (Fsp3) is 0.417. The molecule has 0 radical (unpaired) electrons. The molecule has 8 heteroatoms. The van der Waals surface area contributed by atoms with Crippen LogP contribution in [0.2, 0.25) is 0 Å². The Balaban J connectivity index is 1.63. The van der Waals surface area contributed by atoms with E-state index in [4.69, 9.17) is 0 Å². The Labute approximate surface area is 185 Å². The molecular weight excluding hydrogens is 419 g/mol. The van der Waals surface area contributed by atoms with Crippen LogP contribution >= 0.6 is 0 Å². The largest absolute Gasteiger partial charge is 0.416 e. The lowest BCUT2D eigenvalue weighted by molar-refractivity contribution is -0.137. The lowest BCUT2D eigenvalue weighted by Gasteiger charge is -2.35. The minimum atomic E-state index is -4.47. The van der Waals surface area contributed by atoms with Gasteiger partial charge in [0.25, 0.3) is 5.91 Å². The molecule has 32 heavy (non-hydrogen) atoms. The van der Waals surface area contributed by atoms with Crippen molar-refractivity contribution < 1.29 is 22.8 Å². The number of carbonyl (C=O) groups excluding carboxylic acids is 2. The second-order valence-electron chi connectivity index (χ2n) is 8.54. The fourth-order valence-electron chi connectivity index (χ4n) is 4.53. The van der Waals surface area contributed by atoms with E-state index in [1.165, 1.54) is 6.07 Å². The molecule has 2 aromatic carbocycles. The van der Waals surface area contributed by atoms with Crippen LogP contribution in [0, 0.1) is 5.92 Å². The number of benzene rings is 2. The van der Waals surface area contributed by atoms with Crippen molar-refractivity contribution in [2.24, 2.45) is 5.92 Å². The standard InChI is InChI=1S/C24H26F3N3O2/c1-28-10-12-29(13-11-28)23(32)21-16-30(22(31)17-6-3-2-4-7-17)15-20(21)18-8-5-9-19(14-18)24(25,26)27/h2-9,14,20-21H,10-13,15-16H2,1H3. The van der Waals surface area contributed by atoms with Gasteiger partial charge in [-0.15, -0.1) is 0 Å². The quantitative estimate of drug-likeness (QED) is 0.728. The maximum Gasteiger partial charge on any atom is 0.416 e. The van der Waals surface area contributed by atoms with E-state index in [0.717, 1.165) is 25.2 Å². The van der Waals surface area contributed by atoms with Crippen LogP contribution in [0.25, 0.3) is 0 Å². The van der Waals surface area contributed by atoms with Gasteiger partial charge < -0.3 is 14.7 Å². The summed E-state index contributed by atoms with van der Waals surface area (Å²) in [5, 5.41) is 0. The Kier molecular flexibility index (Phi) is 6.24. The van der Waals surface area contributed by atoms with Crippen molar-refractivity contribution in [2.75, 3.05) is 46.3 Å². The van der Waals surface area contributed by atoms with Gasteiger partial charge in [-0.3, -0.25) is 9.59 Å². The molecular formula is C24H26F3N3O2. The molecule has 2 amide bonds. The normalized spacial score (nSPS) is 22.2. The summed E-state index contributed by atoms with van der Waals surface area (Å²) in [5.74, 6) is -1.37. The maximum atomic E-state index is 13.4. The Morgan fingerprint density at radius 1 is 0.875 bits per heavy atom. The summed E-state index contributed by atoms with van der Waals surface area (Å²) in [6.07, 6.45) is -4.47. The topological polar surface area (TPSA) is 43.9 Å². The third-order valence-corrected chi connectivity index (χ3v) is 6.40. The van der Waals surface area contributed by atoms with Crippen LogP contribution in [0.3, 0.4) is 0 Å². The number of piperazine rings is 1. The molecule has 2 saturated heterocycles. The van der Waals surface area contributed by atoms with Crippen LogP contribution < -0.4 is 0 Å². The first kappa shape index (κ1) is 22.3. The molecule has 2 aromatic rings. The van der Waals surface area contributed by atoms with Gasteiger partial charge in [0, 0.05) is 50.7 Å². The number of halogens is 3. The number of hydrogen-bond acceptors (Lipinski definition) is 3. The Bertz CT molecular complexity index is 972. The second kappa shape index (κ2) is 8.94. The van der Waals surface area contributed by atoms with Crippen molar-refractivity contribution in [1.82, 2.24) is 14.7 Å². The molecule has 2 fully saturated rings. The van der Waals surface area contributed by atoms with Gasteiger partial charge in [-0.05, 0) is 30.8 Å². The van der Waals surface area contributed by atoms with Crippen molar-refractivity contribution in [3.05, 3.63) is 71.3 Å². The highest BCUT2D eigenvalue weighted by atomic mass is 19.4. The van der Waals surface area contributed by atoms with E-state index in [1.54, 1.807) is 40.1 Å². The van der Waals surface area contributed by atoms with Crippen molar-refractivity contribution in [3.63, 3.8) is 0 Å². The smallest absolute Gasteiger partial charge is 0.340 e. The van der Waals surface area contributed by atoms with Gasteiger partial charge in [0.05, 0.1) is 11.5 Å². The fourth-order valence-corrected chi connectivity index (χ4v) is 4.53. The summed E-state index contributed by atoms with van der Waals surface area (Å²) in [6, 6.07) is 13.9. The van der Waals surface area contributed by atoms with Crippen LogP contribution in [0.5, 0.6) is 0 Å². The van der Waals surface area contributed by atoms with Crippen LogP contribution in [0.15, 0.2) is 54.6 Å². The van der Waals surface area contributed by atoms with Crippen molar-refractivity contribution in [2.45, 2.75) is 12.1 Å². The third kappa shape index (κ3) is 4.65. The van der Waals surface area contributed by atoms with E-state index in [2.05, 4.69) is 4.90 Å². The van der Waals surface area contributed by atoms with E-state index in [-0.39, 0.29) is 24.9 Å². The van der Waals surface area contributed by atoms with E-state index in [9.17, 15) is 22.8 Å². The third-order valence-electron chi connectivity index (χ3n) is 6.40. The van der Waals surface area contributed by atoms with Crippen molar-refractivity contribution >= 4 is 11.8 Å². The number of alkyl halides is 3. The number of nitrogens with zero attached hydrogens (tertiary/aromatic N) is 3. The number of likely N-dealkylation sites (tertiary alicyclic amines) is 1. The SMILES string of the molecule is CN1CCN(C(=O)C2CN(C(=O)c3ccccc3)CC2c2cccc(C(F)(F)F)c2)CC1. The highest BCUT2D eigenvalue weighted by Crippen LogP contribution is 2.38. The summed E-state index contributed by atoms with van der Waals surface area (Å²) < 4.78 is 40.0. The van der Waals surface area contributed by atoms with E-state index >= 15 is 0 Å². The first-order chi connectivity index (χ1) is 15.2. The molecule has 0 spiro atoms.